The van der Waals surface area contributed by atoms with E-state index in [1.807, 2.05) is 0 Å². The zero-order chi connectivity index (χ0) is 11.1. The van der Waals surface area contributed by atoms with Crippen LogP contribution in [0.2, 0.25) is 0 Å². The van der Waals surface area contributed by atoms with Gasteiger partial charge in [-0.25, -0.2) is 0 Å². The van der Waals surface area contributed by atoms with Crippen LogP contribution < -0.4 is 5.73 Å². The molecule has 7 heteroatoms. The number of thioether (sulfide) groups is 1. The first-order valence-electron chi connectivity index (χ1n) is 3.75. The van der Waals surface area contributed by atoms with Crippen LogP contribution in [0.15, 0.2) is 0 Å². The lowest BCUT2D eigenvalue weighted by Gasteiger charge is -2.13. The average Bonchev–Trinajstić information content (AvgIpc) is 2.01. The van der Waals surface area contributed by atoms with Crippen LogP contribution in [0.25, 0.3) is 0 Å². The molecule has 6 nitrogen and oxygen atoms in total. The summed E-state index contributed by atoms with van der Waals surface area (Å²) in [5.41, 5.74) is 4.87. The molecule has 0 unspecified atom stereocenters. The molecule has 0 saturated carbocycles. The van der Waals surface area contributed by atoms with Crippen molar-refractivity contribution < 1.29 is 19.5 Å². The summed E-state index contributed by atoms with van der Waals surface area (Å²) in [5.74, 6) is -1.97. The highest BCUT2D eigenvalue weighted by atomic mass is 32.2. The first-order valence-corrected chi connectivity index (χ1v) is 4.90. The summed E-state index contributed by atoms with van der Waals surface area (Å²) < 4.78 is 0. The van der Waals surface area contributed by atoms with E-state index < -0.39 is 11.9 Å². The number of primary amides is 1. The van der Waals surface area contributed by atoms with E-state index in [1.54, 1.807) is 0 Å². The van der Waals surface area contributed by atoms with E-state index in [1.165, 1.54) is 7.05 Å². The van der Waals surface area contributed by atoms with Gasteiger partial charge in [0.05, 0.1) is 18.1 Å². The van der Waals surface area contributed by atoms with Crippen molar-refractivity contribution in [2.24, 2.45) is 5.73 Å². The third kappa shape index (κ3) is 6.30. The Bertz CT molecular complexity index is 244. The molecule has 0 aliphatic carbocycles. The van der Waals surface area contributed by atoms with E-state index in [9.17, 15) is 14.4 Å². The van der Waals surface area contributed by atoms with Gasteiger partial charge < -0.3 is 15.7 Å². The number of rotatable bonds is 6. The van der Waals surface area contributed by atoms with Crippen molar-refractivity contribution in [3.63, 3.8) is 0 Å². The zero-order valence-corrected chi connectivity index (χ0v) is 8.54. The largest absolute Gasteiger partial charge is 0.481 e. The third-order valence-corrected chi connectivity index (χ3v) is 2.17. The molecule has 0 aliphatic rings. The predicted molar refractivity (Wildman–Crippen MR) is 51.8 cm³/mol. The maximum Gasteiger partial charge on any atom is 0.313 e. The number of carboxylic acid groups (broad SMARTS) is 1. The first kappa shape index (κ1) is 12.8. The summed E-state index contributed by atoms with van der Waals surface area (Å²) in [6, 6.07) is 0. The molecule has 0 aromatic rings. The van der Waals surface area contributed by atoms with Crippen molar-refractivity contribution in [2.45, 2.75) is 0 Å². The van der Waals surface area contributed by atoms with Gasteiger partial charge in [0.25, 0.3) is 0 Å². The fourth-order valence-electron chi connectivity index (χ4n) is 0.658. The van der Waals surface area contributed by atoms with E-state index in [0.29, 0.717) is 0 Å². The number of carboxylic acids is 1. The van der Waals surface area contributed by atoms with Crippen LogP contribution in [-0.2, 0) is 14.4 Å². The van der Waals surface area contributed by atoms with Gasteiger partial charge in [-0.1, -0.05) is 0 Å². The molecule has 0 aromatic carbocycles. The van der Waals surface area contributed by atoms with E-state index in [2.05, 4.69) is 0 Å². The lowest BCUT2D eigenvalue weighted by molar-refractivity contribution is -0.133. The number of nitrogens with two attached hydrogens (primary N) is 1. The molecular weight excluding hydrogens is 208 g/mol. The number of nitrogens with zero attached hydrogens (tertiary/aromatic N) is 1. The maximum absolute atomic E-state index is 11.2. The van der Waals surface area contributed by atoms with Crippen LogP contribution in [0.1, 0.15) is 0 Å². The quantitative estimate of drug-likeness (QED) is 0.582. The average molecular weight is 220 g/mol. The predicted octanol–water partition coefficient (Wildman–Crippen LogP) is -1.25. The SMILES string of the molecule is CN(CC(N)=O)C(=O)CSCC(=O)O. The molecule has 3 N–H and O–H groups in total. The molecule has 14 heavy (non-hydrogen) atoms. The molecule has 0 bridgehead atoms. The molecule has 0 fully saturated rings. The molecule has 0 spiro atoms. The Morgan fingerprint density at radius 3 is 2.36 bits per heavy atom. The van der Waals surface area contributed by atoms with Gasteiger partial charge in [0, 0.05) is 7.05 Å². The summed E-state index contributed by atoms with van der Waals surface area (Å²) in [5, 5.41) is 8.29. The van der Waals surface area contributed by atoms with Crippen LogP contribution in [0.3, 0.4) is 0 Å². The third-order valence-electron chi connectivity index (χ3n) is 1.27. The molecule has 2 amide bonds. The Morgan fingerprint density at radius 2 is 1.93 bits per heavy atom. The number of hydrogen-bond acceptors (Lipinski definition) is 4. The van der Waals surface area contributed by atoms with Gasteiger partial charge in [0.2, 0.25) is 11.8 Å². The monoisotopic (exact) mass is 220 g/mol. The molecule has 80 valence electrons. The molecule has 0 atom stereocenters. The van der Waals surface area contributed by atoms with Crippen LogP contribution >= 0.6 is 11.8 Å². The number of hydrogen-bond donors (Lipinski definition) is 2. The second-order valence-corrected chi connectivity index (χ2v) is 3.59. The number of carbonyl (C=O) groups excluding carboxylic acids is 2. The van der Waals surface area contributed by atoms with Crippen LogP contribution in [0, 0.1) is 0 Å². The number of likely N-dealkylation sites (N-methyl/N-ethyl adjacent to an activating group) is 1. The fraction of sp³-hybridized carbons (Fsp3) is 0.571. The van der Waals surface area contributed by atoms with Gasteiger partial charge >= 0.3 is 5.97 Å². The Morgan fingerprint density at radius 1 is 1.36 bits per heavy atom. The second-order valence-electron chi connectivity index (χ2n) is 2.60. The minimum Gasteiger partial charge on any atom is -0.481 e. The zero-order valence-electron chi connectivity index (χ0n) is 7.73. The number of amides is 2. The van der Waals surface area contributed by atoms with Gasteiger partial charge in [0.1, 0.15) is 0 Å². The minimum atomic E-state index is -0.972. The van der Waals surface area contributed by atoms with Crippen molar-refractivity contribution in [1.29, 1.82) is 0 Å². The molecule has 0 saturated heterocycles. The minimum absolute atomic E-state index is 0.0378. The summed E-state index contributed by atoms with van der Waals surface area (Å²) >= 11 is 0.982. The summed E-state index contributed by atoms with van der Waals surface area (Å²) in [6.07, 6.45) is 0. The topological polar surface area (TPSA) is 101 Å². The number of aliphatic carboxylic acids is 1. The van der Waals surface area contributed by atoms with Crippen LogP contribution in [0.5, 0.6) is 0 Å². The van der Waals surface area contributed by atoms with Gasteiger partial charge in [-0.05, 0) is 0 Å². The highest BCUT2D eigenvalue weighted by molar-refractivity contribution is 8.00. The Hall–Kier alpha value is -1.24. The fourth-order valence-corrected chi connectivity index (χ4v) is 1.33. The Balaban J connectivity index is 3.73. The Kier molecular flexibility index (Phi) is 5.70. The van der Waals surface area contributed by atoms with Crippen molar-refractivity contribution in [1.82, 2.24) is 4.90 Å². The van der Waals surface area contributed by atoms with Gasteiger partial charge in [-0.2, -0.15) is 0 Å². The molecule has 0 rings (SSSR count). The molecule has 0 heterocycles. The van der Waals surface area contributed by atoms with Gasteiger partial charge in [0.15, 0.2) is 0 Å². The highest BCUT2D eigenvalue weighted by Crippen LogP contribution is 2.00. The summed E-state index contributed by atoms with van der Waals surface area (Å²) in [6.45, 7) is -0.146. The van der Waals surface area contributed by atoms with Crippen molar-refractivity contribution in [2.75, 3.05) is 25.1 Å². The summed E-state index contributed by atoms with van der Waals surface area (Å²) in [7, 11) is 1.44. The lowest BCUT2D eigenvalue weighted by Crippen LogP contribution is -2.36. The van der Waals surface area contributed by atoms with Crippen molar-refractivity contribution >= 4 is 29.5 Å². The molecule has 0 aromatic heterocycles. The van der Waals surface area contributed by atoms with E-state index in [0.717, 1.165) is 16.7 Å². The van der Waals surface area contributed by atoms with Crippen molar-refractivity contribution in [3.8, 4) is 0 Å². The van der Waals surface area contributed by atoms with E-state index >= 15 is 0 Å². The van der Waals surface area contributed by atoms with Crippen molar-refractivity contribution in [3.05, 3.63) is 0 Å². The first-order chi connectivity index (χ1) is 6.43. The molecule has 0 radical (unpaired) electrons. The standard InChI is InChI=1S/C7H12N2O4S/c1-9(2-5(8)10)6(11)3-14-4-7(12)13/h2-4H2,1H3,(H2,8,10)(H,12,13). The smallest absolute Gasteiger partial charge is 0.313 e. The van der Waals surface area contributed by atoms with E-state index in [-0.39, 0.29) is 24.0 Å². The molecular formula is C7H12N2O4S. The van der Waals surface area contributed by atoms with Gasteiger partial charge in [-0.15, -0.1) is 11.8 Å². The maximum atomic E-state index is 11.2. The highest BCUT2D eigenvalue weighted by Gasteiger charge is 2.11. The Labute approximate surface area is 85.4 Å². The van der Waals surface area contributed by atoms with E-state index in [4.69, 9.17) is 10.8 Å². The normalized spacial score (nSPS) is 9.50. The lowest BCUT2D eigenvalue weighted by atomic mass is 10.5. The van der Waals surface area contributed by atoms with Crippen LogP contribution in [0.4, 0.5) is 0 Å². The summed E-state index contributed by atoms with van der Waals surface area (Å²) in [4.78, 5) is 32.9. The van der Waals surface area contributed by atoms with Crippen LogP contribution in [-0.4, -0.2) is 52.9 Å². The second kappa shape index (κ2) is 6.25. The number of carbonyl (C=O) groups is 3. The molecule has 0 aliphatic heterocycles. The van der Waals surface area contributed by atoms with Gasteiger partial charge in [-0.3, -0.25) is 14.4 Å².